The molecule has 5 nitrogen and oxygen atoms in total. The van der Waals surface area contributed by atoms with Crippen molar-refractivity contribution in [1.82, 2.24) is 9.80 Å². The molecule has 0 unspecified atom stereocenters. The van der Waals surface area contributed by atoms with E-state index in [0.717, 1.165) is 49.5 Å². The molecule has 0 bridgehead atoms. The molecule has 0 aliphatic carbocycles. The summed E-state index contributed by atoms with van der Waals surface area (Å²) in [5.41, 5.74) is 1.11. The lowest BCUT2D eigenvalue weighted by molar-refractivity contribution is -0.143. The van der Waals surface area contributed by atoms with E-state index < -0.39 is 5.92 Å². The highest BCUT2D eigenvalue weighted by Crippen LogP contribution is 2.30. The molecule has 0 atom stereocenters. The molecule has 2 fully saturated rings. The van der Waals surface area contributed by atoms with E-state index in [2.05, 4.69) is 4.90 Å². The van der Waals surface area contributed by atoms with Gasteiger partial charge in [-0.15, -0.1) is 0 Å². The molecule has 0 N–H and O–H groups in total. The van der Waals surface area contributed by atoms with Crippen molar-refractivity contribution in [2.24, 2.45) is 5.92 Å². The number of nitrogens with zero attached hydrogens (tertiary/aromatic N) is 2. The van der Waals surface area contributed by atoms with Crippen molar-refractivity contribution in [2.45, 2.75) is 38.2 Å². The second-order valence-electron chi connectivity index (χ2n) is 7.45. The SMILES string of the molecule is COc1cc(CN2CCC(C(=O)N3CCC(F)(F)CC3)CC2)cc(OC)c1. The van der Waals surface area contributed by atoms with Gasteiger partial charge in [0.2, 0.25) is 5.91 Å². The summed E-state index contributed by atoms with van der Waals surface area (Å²) in [6, 6.07) is 5.83. The molecular formula is C20H28F2N2O3. The van der Waals surface area contributed by atoms with E-state index in [-0.39, 0.29) is 37.8 Å². The number of alkyl halides is 2. The normalized spacial score (nSPS) is 21.1. The maximum absolute atomic E-state index is 13.3. The first-order valence-corrected chi connectivity index (χ1v) is 9.51. The van der Waals surface area contributed by atoms with Crippen molar-refractivity contribution in [3.05, 3.63) is 23.8 Å². The number of likely N-dealkylation sites (tertiary alicyclic amines) is 2. The molecule has 2 heterocycles. The molecule has 0 radical (unpaired) electrons. The van der Waals surface area contributed by atoms with Gasteiger partial charge in [0.15, 0.2) is 0 Å². The van der Waals surface area contributed by atoms with Crippen LogP contribution in [0.15, 0.2) is 18.2 Å². The Morgan fingerprint density at radius 1 is 1.04 bits per heavy atom. The van der Waals surface area contributed by atoms with Crippen LogP contribution >= 0.6 is 0 Å². The van der Waals surface area contributed by atoms with E-state index in [0.29, 0.717) is 0 Å². The number of benzene rings is 1. The van der Waals surface area contributed by atoms with Crippen LogP contribution in [-0.4, -0.2) is 62.0 Å². The summed E-state index contributed by atoms with van der Waals surface area (Å²) >= 11 is 0. The predicted molar refractivity (Wildman–Crippen MR) is 98.3 cm³/mol. The highest BCUT2D eigenvalue weighted by atomic mass is 19.3. The van der Waals surface area contributed by atoms with Crippen LogP contribution in [0.5, 0.6) is 11.5 Å². The van der Waals surface area contributed by atoms with Crippen LogP contribution < -0.4 is 9.47 Å². The zero-order valence-electron chi connectivity index (χ0n) is 16.0. The lowest BCUT2D eigenvalue weighted by Crippen LogP contribution is -2.47. The summed E-state index contributed by atoms with van der Waals surface area (Å²) in [6.45, 7) is 2.76. The molecule has 150 valence electrons. The number of ether oxygens (including phenoxy) is 2. The van der Waals surface area contributed by atoms with Crippen molar-refractivity contribution in [2.75, 3.05) is 40.4 Å². The second kappa shape index (κ2) is 8.42. The third-order valence-corrected chi connectivity index (χ3v) is 5.56. The molecule has 0 saturated carbocycles. The molecule has 1 aromatic rings. The number of amides is 1. The average molecular weight is 382 g/mol. The van der Waals surface area contributed by atoms with E-state index in [1.54, 1.807) is 19.1 Å². The van der Waals surface area contributed by atoms with Gasteiger partial charge in [-0.3, -0.25) is 9.69 Å². The summed E-state index contributed by atoms with van der Waals surface area (Å²) in [7, 11) is 3.26. The Morgan fingerprint density at radius 2 is 1.59 bits per heavy atom. The largest absolute Gasteiger partial charge is 0.497 e. The standard InChI is InChI=1S/C20H28F2N2O3/c1-26-17-11-15(12-18(13-17)27-2)14-23-7-3-16(4-8-23)19(25)24-9-5-20(21,22)6-10-24/h11-13,16H,3-10,14H2,1-2H3. The van der Waals surface area contributed by atoms with Gasteiger partial charge in [0.25, 0.3) is 5.92 Å². The number of hydrogen-bond acceptors (Lipinski definition) is 4. The fraction of sp³-hybridized carbons (Fsp3) is 0.650. The fourth-order valence-corrected chi connectivity index (χ4v) is 3.87. The summed E-state index contributed by atoms with van der Waals surface area (Å²) in [5.74, 6) is -1.09. The van der Waals surface area contributed by atoms with Crippen LogP contribution in [0.1, 0.15) is 31.2 Å². The number of methoxy groups -OCH3 is 2. The zero-order chi connectivity index (χ0) is 19.4. The third-order valence-electron chi connectivity index (χ3n) is 5.56. The number of carbonyl (C=O) groups is 1. The number of hydrogen-bond donors (Lipinski definition) is 0. The minimum Gasteiger partial charge on any atom is -0.497 e. The van der Waals surface area contributed by atoms with Crippen molar-refractivity contribution >= 4 is 5.91 Å². The third kappa shape index (κ3) is 5.09. The Kier molecular flexibility index (Phi) is 6.19. The summed E-state index contributed by atoms with van der Waals surface area (Å²) in [4.78, 5) is 16.6. The van der Waals surface area contributed by atoms with Gasteiger partial charge in [0.1, 0.15) is 11.5 Å². The molecule has 2 saturated heterocycles. The van der Waals surface area contributed by atoms with Gasteiger partial charge in [-0.05, 0) is 43.6 Å². The number of carbonyl (C=O) groups excluding carboxylic acids is 1. The molecule has 0 spiro atoms. The van der Waals surface area contributed by atoms with Gasteiger partial charge in [0.05, 0.1) is 14.2 Å². The molecule has 1 aromatic carbocycles. The van der Waals surface area contributed by atoms with Crippen LogP contribution in [-0.2, 0) is 11.3 Å². The topological polar surface area (TPSA) is 42.0 Å². The van der Waals surface area contributed by atoms with Crippen LogP contribution in [0, 0.1) is 5.92 Å². The Morgan fingerprint density at radius 3 is 2.11 bits per heavy atom. The van der Waals surface area contributed by atoms with Crippen LogP contribution in [0.4, 0.5) is 8.78 Å². The molecule has 27 heavy (non-hydrogen) atoms. The van der Waals surface area contributed by atoms with Gasteiger partial charge in [0, 0.05) is 44.5 Å². The summed E-state index contributed by atoms with van der Waals surface area (Å²) in [6.07, 6.45) is 1.12. The number of halogens is 2. The lowest BCUT2D eigenvalue weighted by atomic mass is 9.93. The Balaban J connectivity index is 1.51. The van der Waals surface area contributed by atoms with Gasteiger partial charge >= 0.3 is 0 Å². The first kappa shape index (κ1) is 19.9. The summed E-state index contributed by atoms with van der Waals surface area (Å²) in [5, 5.41) is 0. The molecule has 1 amide bonds. The fourth-order valence-electron chi connectivity index (χ4n) is 3.87. The highest BCUT2D eigenvalue weighted by Gasteiger charge is 2.37. The molecular weight excluding hydrogens is 354 g/mol. The molecule has 2 aliphatic rings. The van der Waals surface area contributed by atoms with Crippen LogP contribution in [0.2, 0.25) is 0 Å². The van der Waals surface area contributed by atoms with Gasteiger partial charge in [-0.1, -0.05) is 0 Å². The molecule has 3 rings (SSSR count). The minimum atomic E-state index is -2.61. The lowest BCUT2D eigenvalue weighted by Gasteiger charge is -2.37. The van der Waals surface area contributed by atoms with Crippen molar-refractivity contribution in [1.29, 1.82) is 0 Å². The average Bonchev–Trinajstić information content (AvgIpc) is 2.67. The number of rotatable bonds is 5. The van der Waals surface area contributed by atoms with E-state index in [4.69, 9.17) is 9.47 Å². The minimum absolute atomic E-state index is 0.0483. The van der Waals surface area contributed by atoms with E-state index in [1.165, 1.54) is 0 Å². The quantitative estimate of drug-likeness (QED) is 0.785. The Bertz CT molecular complexity index is 628. The van der Waals surface area contributed by atoms with Gasteiger partial charge in [-0.25, -0.2) is 8.78 Å². The van der Waals surface area contributed by atoms with E-state index >= 15 is 0 Å². The monoisotopic (exact) mass is 382 g/mol. The Hall–Kier alpha value is -1.89. The van der Waals surface area contributed by atoms with Gasteiger partial charge in [-0.2, -0.15) is 0 Å². The van der Waals surface area contributed by atoms with Gasteiger partial charge < -0.3 is 14.4 Å². The summed E-state index contributed by atoms with van der Waals surface area (Å²) < 4.78 is 37.2. The van der Waals surface area contributed by atoms with Crippen molar-refractivity contribution in [3.8, 4) is 11.5 Å². The van der Waals surface area contributed by atoms with Crippen LogP contribution in [0.3, 0.4) is 0 Å². The van der Waals surface area contributed by atoms with Crippen molar-refractivity contribution in [3.63, 3.8) is 0 Å². The maximum atomic E-state index is 13.3. The number of piperidine rings is 2. The molecule has 7 heteroatoms. The van der Waals surface area contributed by atoms with E-state index in [1.807, 2.05) is 18.2 Å². The maximum Gasteiger partial charge on any atom is 0.251 e. The van der Waals surface area contributed by atoms with E-state index in [9.17, 15) is 13.6 Å². The first-order chi connectivity index (χ1) is 12.9. The van der Waals surface area contributed by atoms with Crippen LogP contribution in [0.25, 0.3) is 0 Å². The smallest absolute Gasteiger partial charge is 0.251 e. The van der Waals surface area contributed by atoms with Crippen molar-refractivity contribution < 1.29 is 23.0 Å². The first-order valence-electron chi connectivity index (χ1n) is 9.51. The molecule has 2 aliphatic heterocycles. The highest BCUT2D eigenvalue weighted by molar-refractivity contribution is 5.79. The zero-order valence-corrected chi connectivity index (χ0v) is 16.0. The Labute approximate surface area is 159 Å². The predicted octanol–water partition coefficient (Wildman–Crippen LogP) is 3.17. The molecule has 0 aromatic heterocycles. The second-order valence-corrected chi connectivity index (χ2v) is 7.45.